The number of nitrogens with one attached hydrogen (secondary N) is 2. The fourth-order valence-corrected chi connectivity index (χ4v) is 4.01. The normalized spacial score (nSPS) is 14.0. The second kappa shape index (κ2) is 9.71. The zero-order valence-corrected chi connectivity index (χ0v) is 18.3. The van der Waals surface area contributed by atoms with E-state index in [0.717, 1.165) is 11.3 Å². The Morgan fingerprint density at radius 3 is 2.40 bits per heavy atom. The smallest absolute Gasteiger partial charge is 0.323 e. The molecule has 0 atom stereocenters. The Labute approximate surface area is 180 Å². The van der Waals surface area contributed by atoms with Gasteiger partial charge in [0.25, 0.3) is 0 Å². The van der Waals surface area contributed by atoms with Crippen molar-refractivity contribution >= 4 is 40.0 Å². The van der Waals surface area contributed by atoms with Crippen molar-refractivity contribution in [1.29, 1.82) is 0 Å². The molecule has 9 heteroatoms. The second-order valence-corrected chi connectivity index (χ2v) is 8.39. The Hall–Kier alpha value is -2.94. The Balaban J connectivity index is 1.52. The number of amides is 4. The van der Waals surface area contributed by atoms with Crippen molar-refractivity contribution in [2.75, 3.05) is 36.8 Å². The summed E-state index contributed by atoms with van der Waals surface area (Å²) in [7, 11) is 0. The van der Waals surface area contributed by atoms with Crippen molar-refractivity contribution in [3.8, 4) is 0 Å². The Morgan fingerprint density at radius 2 is 1.73 bits per heavy atom. The van der Waals surface area contributed by atoms with Gasteiger partial charge in [-0.2, -0.15) is 0 Å². The average Bonchev–Trinajstić information content (AvgIpc) is 3.14. The molecule has 0 bridgehead atoms. The van der Waals surface area contributed by atoms with Crippen LogP contribution in [0.3, 0.4) is 0 Å². The van der Waals surface area contributed by atoms with Crippen molar-refractivity contribution < 1.29 is 14.4 Å². The first-order valence-electron chi connectivity index (χ1n) is 9.98. The standard InChI is InChI=1S/C21H27N5O3S/c1-14(2)17-6-4-5-7-18(17)23-19(28)12-16-13-30-20(22-16)24-21(29)26-10-8-25(9-11-26)15(3)27/h4-7,13-14H,8-12H2,1-3H3,(H,23,28)(H,22,24,29). The largest absolute Gasteiger partial charge is 0.339 e. The summed E-state index contributed by atoms with van der Waals surface area (Å²) in [4.78, 5) is 44.0. The maximum Gasteiger partial charge on any atom is 0.323 e. The van der Waals surface area contributed by atoms with E-state index in [2.05, 4.69) is 29.5 Å². The van der Waals surface area contributed by atoms with E-state index in [1.54, 1.807) is 15.2 Å². The van der Waals surface area contributed by atoms with Gasteiger partial charge in [0, 0.05) is 44.2 Å². The number of urea groups is 1. The fourth-order valence-electron chi connectivity index (χ4n) is 3.31. The van der Waals surface area contributed by atoms with Crippen LogP contribution >= 0.6 is 11.3 Å². The van der Waals surface area contributed by atoms with E-state index in [1.807, 2.05) is 24.3 Å². The molecule has 1 aromatic heterocycles. The van der Waals surface area contributed by atoms with Crippen LogP contribution in [-0.4, -0.2) is 58.8 Å². The van der Waals surface area contributed by atoms with Gasteiger partial charge in [0.2, 0.25) is 11.8 Å². The minimum Gasteiger partial charge on any atom is -0.339 e. The van der Waals surface area contributed by atoms with Gasteiger partial charge in [-0.1, -0.05) is 32.0 Å². The predicted octanol–water partition coefficient (Wildman–Crippen LogP) is 3.14. The number of para-hydroxylation sites is 1. The van der Waals surface area contributed by atoms with Gasteiger partial charge < -0.3 is 15.1 Å². The lowest BCUT2D eigenvalue weighted by molar-refractivity contribution is -0.130. The average molecular weight is 430 g/mol. The number of carbonyl (C=O) groups excluding carboxylic acids is 3. The van der Waals surface area contributed by atoms with Gasteiger partial charge in [0.05, 0.1) is 12.1 Å². The molecule has 1 fully saturated rings. The summed E-state index contributed by atoms with van der Waals surface area (Å²) in [6.45, 7) is 7.74. The Kier molecular flexibility index (Phi) is 7.04. The lowest BCUT2D eigenvalue weighted by atomic mass is 10.0. The molecule has 0 spiro atoms. The van der Waals surface area contributed by atoms with E-state index in [4.69, 9.17) is 0 Å². The number of benzene rings is 1. The predicted molar refractivity (Wildman–Crippen MR) is 118 cm³/mol. The molecule has 1 aliphatic rings. The summed E-state index contributed by atoms with van der Waals surface area (Å²) < 4.78 is 0. The molecule has 4 amide bonds. The van der Waals surface area contributed by atoms with E-state index >= 15 is 0 Å². The third kappa shape index (κ3) is 5.56. The highest BCUT2D eigenvalue weighted by Gasteiger charge is 2.23. The van der Waals surface area contributed by atoms with Crippen LogP contribution in [-0.2, 0) is 16.0 Å². The molecule has 0 unspecified atom stereocenters. The number of hydrogen-bond acceptors (Lipinski definition) is 5. The number of thiazole rings is 1. The minimum absolute atomic E-state index is 0.0221. The zero-order chi connectivity index (χ0) is 21.7. The number of anilines is 2. The highest BCUT2D eigenvalue weighted by molar-refractivity contribution is 7.13. The van der Waals surface area contributed by atoms with E-state index in [9.17, 15) is 14.4 Å². The highest BCUT2D eigenvalue weighted by atomic mass is 32.1. The lowest BCUT2D eigenvalue weighted by Crippen LogP contribution is -2.51. The molecule has 0 saturated carbocycles. The van der Waals surface area contributed by atoms with Crippen molar-refractivity contribution in [1.82, 2.24) is 14.8 Å². The first-order valence-corrected chi connectivity index (χ1v) is 10.9. The molecule has 2 heterocycles. The van der Waals surface area contributed by atoms with Crippen molar-refractivity contribution in [2.45, 2.75) is 33.1 Å². The summed E-state index contributed by atoms with van der Waals surface area (Å²) >= 11 is 1.29. The van der Waals surface area contributed by atoms with Gasteiger partial charge in [-0.05, 0) is 17.5 Å². The molecule has 1 aliphatic heterocycles. The van der Waals surface area contributed by atoms with E-state index in [-0.39, 0.29) is 24.3 Å². The number of aromatic nitrogens is 1. The Bertz CT molecular complexity index is 919. The number of nitrogens with zero attached hydrogens (tertiary/aromatic N) is 3. The quantitative estimate of drug-likeness (QED) is 0.763. The van der Waals surface area contributed by atoms with Gasteiger partial charge in [0.1, 0.15) is 0 Å². The van der Waals surface area contributed by atoms with E-state index in [0.29, 0.717) is 42.9 Å². The zero-order valence-electron chi connectivity index (χ0n) is 17.5. The first-order chi connectivity index (χ1) is 14.3. The summed E-state index contributed by atoms with van der Waals surface area (Å²) in [5.74, 6) is 0.181. The maximum atomic E-state index is 12.4. The number of rotatable bonds is 5. The van der Waals surface area contributed by atoms with Gasteiger partial charge in [-0.15, -0.1) is 11.3 Å². The van der Waals surface area contributed by atoms with E-state index < -0.39 is 0 Å². The van der Waals surface area contributed by atoms with Gasteiger partial charge in [0.15, 0.2) is 5.13 Å². The molecule has 30 heavy (non-hydrogen) atoms. The summed E-state index contributed by atoms with van der Waals surface area (Å²) in [5.41, 5.74) is 2.50. The fraction of sp³-hybridized carbons (Fsp3) is 0.429. The van der Waals surface area contributed by atoms with Crippen LogP contribution in [0.5, 0.6) is 0 Å². The monoisotopic (exact) mass is 429 g/mol. The number of piperazine rings is 1. The molecule has 3 rings (SSSR count). The molecule has 0 radical (unpaired) electrons. The summed E-state index contributed by atoms with van der Waals surface area (Å²) in [6.07, 6.45) is 0.135. The minimum atomic E-state index is -0.241. The number of carbonyl (C=O) groups is 3. The summed E-state index contributed by atoms with van der Waals surface area (Å²) in [5, 5.41) is 7.97. The topological polar surface area (TPSA) is 94.6 Å². The van der Waals surface area contributed by atoms with Gasteiger partial charge >= 0.3 is 6.03 Å². The molecule has 0 aliphatic carbocycles. The van der Waals surface area contributed by atoms with Crippen LogP contribution in [0.4, 0.5) is 15.6 Å². The van der Waals surface area contributed by atoms with Crippen LogP contribution in [0.2, 0.25) is 0 Å². The third-order valence-electron chi connectivity index (χ3n) is 4.98. The van der Waals surface area contributed by atoms with Crippen LogP contribution in [0, 0.1) is 0 Å². The molecule has 8 nitrogen and oxygen atoms in total. The molecule has 1 saturated heterocycles. The van der Waals surface area contributed by atoms with Crippen LogP contribution in [0.25, 0.3) is 0 Å². The third-order valence-corrected chi connectivity index (χ3v) is 5.78. The summed E-state index contributed by atoms with van der Waals surface area (Å²) in [6, 6.07) is 7.52. The van der Waals surface area contributed by atoms with Crippen molar-refractivity contribution in [2.24, 2.45) is 0 Å². The first kappa shape index (κ1) is 21.8. The Morgan fingerprint density at radius 1 is 1.07 bits per heavy atom. The van der Waals surface area contributed by atoms with Crippen molar-refractivity contribution in [3.05, 3.63) is 40.9 Å². The molecule has 160 valence electrons. The number of hydrogen-bond donors (Lipinski definition) is 2. The second-order valence-electron chi connectivity index (χ2n) is 7.53. The molecular weight excluding hydrogens is 402 g/mol. The SMILES string of the molecule is CC(=O)N1CCN(C(=O)Nc2nc(CC(=O)Nc3ccccc3C(C)C)cs2)CC1. The molecular formula is C21H27N5O3S. The lowest BCUT2D eigenvalue weighted by Gasteiger charge is -2.33. The van der Waals surface area contributed by atoms with Crippen LogP contribution in [0.1, 0.15) is 37.9 Å². The highest BCUT2D eigenvalue weighted by Crippen LogP contribution is 2.24. The van der Waals surface area contributed by atoms with E-state index in [1.165, 1.54) is 18.3 Å². The molecule has 2 aromatic rings. The van der Waals surface area contributed by atoms with Gasteiger partial charge in [-0.3, -0.25) is 14.9 Å². The van der Waals surface area contributed by atoms with Crippen molar-refractivity contribution in [3.63, 3.8) is 0 Å². The maximum absolute atomic E-state index is 12.4. The molecule has 1 aromatic carbocycles. The van der Waals surface area contributed by atoms with Gasteiger partial charge in [-0.25, -0.2) is 9.78 Å². The van der Waals surface area contributed by atoms with Crippen LogP contribution < -0.4 is 10.6 Å². The van der Waals surface area contributed by atoms with Crippen LogP contribution in [0.15, 0.2) is 29.6 Å². The molecule has 2 N–H and O–H groups in total.